The van der Waals surface area contributed by atoms with Crippen molar-refractivity contribution in [2.45, 2.75) is 32.2 Å². The van der Waals surface area contributed by atoms with E-state index in [0.29, 0.717) is 24.5 Å². The van der Waals surface area contributed by atoms with Crippen molar-refractivity contribution in [1.29, 1.82) is 0 Å². The minimum atomic E-state index is 0.333. The van der Waals surface area contributed by atoms with Crippen LogP contribution in [0.15, 0.2) is 11.6 Å². The Morgan fingerprint density at radius 3 is 3.06 bits per heavy atom. The molecule has 3 atom stereocenters. The molecule has 0 amide bonds. The molecule has 1 aromatic rings. The zero-order chi connectivity index (χ0) is 11.4. The molecule has 1 heterocycles. The topological polar surface area (TPSA) is 45.1 Å². The average molecular weight is 240 g/mol. The minimum absolute atomic E-state index is 0.333. The molecule has 16 heavy (non-hydrogen) atoms. The monoisotopic (exact) mass is 240 g/mol. The molecule has 1 aromatic heterocycles. The first kappa shape index (κ1) is 12.0. The third-order valence-electron chi connectivity index (χ3n) is 3.56. The highest BCUT2D eigenvalue weighted by Gasteiger charge is 2.26. The second-order valence-corrected chi connectivity index (χ2v) is 5.56. The van der Waals surface area contributed by atoms with E-state index in [1.807, 2.05) is 11.6 Å². The number of aromatic nitrogens is 1. The molecule has 4 heteroatoms. The maximum absolute atomic E-state index is 9.25. The molecule has 1 aliphatic carbocycles. The number of thiazole rings is 1. The van der Waals surface area contributed by atoms with Crippen LogP contribution in [0.25, 0.3) is 0 Å². The third kappa shape index (κ3) is 2.81. The molecule has 1 aliphatic rings. The van der Waals surface area contributed by atoms with Crippen molar-refractivity contribution in [3.05, 3.63) is 16.6 Å². The van der Waals surface area contributed by atoms with Gasteiger partial charge in [-0.1, -0.05) is 6.42 Å². The molecule has 1 saturated carbocycles. The molecular weight excluding hydrogens is 220 g/mol. The Labute approximate surface area is 101 Å². The van der Waals surface area contributed by atoms with Gasteiger partial charge in [0, 0.05) is 18.2 Å². The maximum Gasteiger partial charge on any atom is 0.109 e. The summed E-state index contributed by atoms with van der Waals surface area (Å²) in [5, 5.41) is 15.9. The maximum atomic E-state index is 9.25. The van der Waals surface area contributed by atoms with Crippen LogP contribution in [0, 0.1) is 11.8 Å². The van der Waals surface area contributed by atoms with E-state index < -0.39 is 0 Å². The molecule has 1 fully saturated rings. The minimum Gasteiger partial charge on any atom is -0.396 e. The van der Waals surface area contributed by atoms with Gasteiger partial charge in [-0.2, -0.15) is 0 Å². The second-order valence-electron chi connectivity index (χ2n) is 4.63. The molecule has 0 aliphatic heterocycles. The van der Waals surface area contributed by atoms with Gasteiger partial charge in [0.1, 0.15) is 5.01 Å². The lowest BCUT2D eigenvalue weighted by atomic mass is 9.97. The van der Waals surface area contributed by atoms with Crippen LogP contribution in [0.2, 0.25) is 0 Å². The molecular formula is C12H20N2OS. The van der Waals surface area contributed by atoms with E-state index in [4.69, 9.17) is 0 Å². The quantitative estimate of drug-likeness (QED) is 0.829. The first-order chi connectivity index (χ1) is 7.81. The van der Waals surface area contributed by atoms with Gasteiger partial charge in [0.15, 0.2) is 0 Å². The SMILES string of the molecule is CC(NCC1CCCC1CO)c1nccs1. The number of aliphatic hydroxyl groups excluding tert-OH is 1. The van der Waals surface area contributed by atoms with Crippen molar-refractivity contribution in [3.63, 3.8) is 0 Å². The van der Waals surface area contributed by atoms with E-state index in [9.17, 15) is 5.11 Å². The molecule has 3 nitrogen and oxygen atoms in total. The molecule has 0 bridgehead atoms. The van der Waals surface area contributed by atoms with Gasteiger partial charge < -0.3 is 10.4 Å². The van der Waals surface area contributed by atoms with E-state index in [2.05, 4.69) is 17.2 Å². The number of nitrogens with zero attached hydrogens (tertiary/aromatic N) is 1. The molecule has 0 saturated heterocycles. The summed E-state index contributed by atoms with van der Waals surface area (Å²) in [7, 11) is 0. The van der Waals surface area contributed by atoms with E-state index in [0.717, 1.165) is 11.6 Å². The summed E-state index contributed by atoms with van der Waals surface area (Å²) in [6.07, 6.45) is 5.56. The van der Waals surface area contributed by atoms with Gasteiger partial charge in [-0.3, -0.25) is 0 Å². The van der Waals surface area contributed by atoms with Crippen LogP contribution >= 0.6 is 11.3 Å². The lowest BCUT2D eigenvalue weighted by molar-refractivity contribution is 0.190. The second kappa shape index (κ2) is 5.75. The van der Waals surface area contributed by atoms with Crippen molar-refractivity contribution in [2.24, 2.45) is 11.8 Å². The van der Waals surface area contributed by atoms with E-state index in [1.54, 1.807) is 11.3 Å². The summed E-state index contributed by atoms with van der Waals surface area (Å²) in [5.41, 5.74) is 0. The van der Waals surface area contributed by atoms with Crippen molar-refractivity contribution in [2.75, 3.05) is 13.2 Å². The van der Waals surface area contributed by atoms with Crippen molar-refractivity contribution >= 4 is 11.3 Å². The Bertz CT molecular complexity index is 302. The van der Waals surface area contributed by atoms with Crippen LogP contribution < -0.4 is 5.32 Å². The summed E-state index contributed by atoms with van der Waals surface area (Å²) < 4.78 is 0. The zero-order valence-corrected chi connectivity index (χ0v) is 10.5. The van der Waals surface area contributed by atoms with Crippen molar-refractivity contribution < 1.29 is 5.11 Å². The molecule has 0 radical (unpaired) electrons. The predicted octanol–water partition coefficient (Wildman–Crippen LogP) is 2.20. The van der Waals surface area contributed by atoms with Gasteiger partial charge >= 0.3 is 0 Å². The largest absolute Gasteiger partial charge is 0.396 e. The Morgan fingerprint density at radius 2 is 2.38 bits per heavy atom. The highest BCUT2D eigenvalue weighted by molar-refractivity contribution is 7.09. The fourth-order valence-electron chi connectivity index (χ4n) is 2.49. The number of hydrogen-bond acceptors (Lipinski definition) is 4. The lowest BCUT2D eigenvalue weighted by Gasteiger charge is -2.20. The Balaban J connectivity index is 1.78. The first-order valence-corrected chi connectivity index (χ1v) is 6.93. The predicted molar refractivity (Wildman–Crippen MR) is 66.4 cm³/mol. The number of hydrogen-bond donors (Lipinski definition) is 2. The van der Waals surface area contributed by atoms with Crippen molar-refractivity contribution in [1.82, 2.24) is 10.3 Å². The van der Waals surface area contributed by atoms with Gasteiger partial charge in [-0.15, -0.1) is 11.3 Å². The van der Waals surface area contributed by atoms with Crippen LogP contribution in [0.1, 0.15) is 37.2 Å². The Morgan fingerprint density at radius 1 is 1.56 bits per heavy atom. The summed E-state index contributed by atoms with van der Waals surface area (Å²) in [5.74, 6) is 1.16. The van der Waals surface area contributed by atoms with E-state index >= 15 is 0 Å². The van der Waals surface area contributed by atoms with E-state index in [-0.39, 0.29) is 0 Å². The number of nitrogens with one attached hydrogen (secondary N) is 1. The van der Waals surface area contributed by atoms with Crippen LogP contribution in [0.5, 0.6) is 0 Å². The highest BCUT2D eigenvalue weighted by Crippen LogP contribution is 2.31. The molecule has 0 spiro atoms. The average Bonchev–Trinajstić information content (AvgIpc) is 2.96. The fraction of sp³-hybridized carbons (Fsp3) is 0.750. The smallest absolute Gasteiger partial charge is 0.109 e. The van der Waals surface area contributed by atoms with Crippen LogP contribution in [-0.2, 0) is 0 Å². The summed E-state index contributed by atoms with van der Waals surface area (Å²) in [4.78, 5) is 4.31. The third-order valence-corrected chi connectivity index (χ3v) is 4.52. The highest BCUT2D eigenvalue weighted by atomic mass is 32.1. The van der Waals surface area contributed by atoms with E-state index in [1.165, 1.54) is 19.3 Å². The standard InChI is InChI=1S/C12H20N2OS/c1-9(12-13-5-6-16-12)14-7-10-3-2-4-11(10)8-15/h5-6,9-11,14-15H,2-4,7-8H2,1H3. The lowest BCUT2D eigenvalue weighted by Crippen LogP contribution is -2.28. The van der Waals surface area contributed by atoms with Crippen LogP contribution in [0.3, 0.4) is 0 Å². The van der Waals surface area contributed by atoms with Gasteiger partial charge in [0.05, 0.1) is 6.04 Å². The van der Waals surface area contributed by atoms with Crippen LogP contribution in [0.4, 0.5) is 0 Å². The zero-order valence-electron chi connectivity index (χ0n) is 9.72. The van der Waals surface area contributed by atoms with Crippen molar-refractivity contribution in [3.8, 4) is 0 Å². The Kier molecular flexibility index (Phi) is 4.32. The molecule has 2 rings (SSSR count). The number of rotatable bonds is 5. The molecule has 3 unspecified atom stereocenters. The van der Waals surface area contributed by atoms with Gasteiger partial charge in [-0.25, -0.2) is 4.98 Å². The molecule has 90 valence electrons. The molecule has 0 aromatic carbocycles. The van der Waals surface area contributed by atoms with Gasteiger partial charge in [0.2, 0.25) is 0 Å². The fourth-order valence-corrected chi connectivity index (χ4v) is 3.16. The molecule has 2 N–H and O–H groups in total. The first-order valence-electron chi connectivity index (χ1n) is 6.05. The van der Waals surface area contributed by atoms with Gasteiger partial charge in [0.25, 0.3) is 0 Å². The summed E-state index contributed by atoms with van der Waals surface area (Å²) >= 11 is 1.70. The summed E-state index contributed by atoms with van der Waals surface area (Å²) in [6.45, 7) is 3.51. The normalized spacial score (nSPS) is 27.1. The summed E-state index contributed by atoms with van der Waals surface area (Å²) in [6, 6.07) is 0.333. The van der Waals surface area contributed by atoms with Gasteiger partial charge in [-0.05, 0) is 38.1 Å². The van der Waals surface area contributed by atoms with Crippen LogP contribution in [-0.4, -0.2) is 23.2 Å². The number of aliphatic hydroxyl groups is 1. The Hall–Kier alpha value is -0.450.